The van der Waals surface area contributed by atoms with Crippen LogP contribution < -0.4 is 5.32 Å². The summed E-state index contributed by atoms with van der Waals surface area (Å²) in [7, 11) is 0. The molecule has 2 aliphatic rings. The molecule has 2 atom stereocenters. The first-order valence-electron chi connectivity index (χ1n) is 10.0. The molecule has 148 valence electrons. The molecule has 2 aromatic rings. The molecule has 1 N–H and O–H groups in total. The molecule has 0 saturated heterocycles. The minimum absolute atomic E-state index is 0.0235. The number of allylic oxidation sites excluding steroid dienone is 1. The fraction of sp³-hybridized carbons (Fsp3) is 0.478. The second kappa shape index (κ2) is 6.57. The third kappa shape index (κ3) is 3.27. The van der Waals surface area contributed by atoms with E-state index in [1.54, 1.807) is 19.1 Å². The Hall–Kier alpha value is -2.43. The van der Waals surface area contributed by atoms with Crippen molar-refractivity contribution in [3.8, 4) is 5.69 Å². The van der Waals surface area contributed by atoms with Gasteiger partial charge < -0.3 is 5.32 Å². The van der Waals surface area contributed by atoms with E-state index in [2.05, 4.69) is 37.3 Å². The van der Waals surface area contributed by atoms with Gasteiger partial charge in [-0.3, -0.25) is 4.79 Å². The van der Waals surface area contributed by atoms with Crippen LogP contribution in [0, 0.1) is 17.2 Å². The summed E-state index contributed by atoms with van der Waals surface area (Å²) in [5, 5.41) is 7.69. The predicted octanol–water partition coefficient (Wildman–Crippen LogP) is 4.67. The number of hydrogen-bond donors (Lipinski definition) is 1. The fourth-order valence-electron chi connectivity index (χ4n) is 5.19. The molecule has 1 aromatic carbocycles. The number of amides is 1. The van der Waals surface area contributed by atoms with Crippen molar-refractivity contribution in [2.75, 3.05) is 0 Å². The molecule has 2 aliphatic carbocycles. The summed E-state index contributed by atoms with van der Waals surface area (Å²) in [6, 6.07) is 6.48. The smallest absolute Gasteiger partial charge is 0.217 e. The summed E-state index contributed by atoms with van der Waals surface area (Å²) in [6.07, 6.45) is 8.37. The Balaban J connectivity index is 1.63. The Labute approximate surface area is 165 Å². The standard InChI is InChI=1S/C23H28FN3O/c1-15(28)26-22(2,3)13-18-6-5-17-11-21-16(12-23(17,18)4)14-25-27(21)20-9-7-19(24)8-10-20/h7-11,14,18H,5-6,12-13H2,1-4H3,(H,26,28)/t18-,23?/m1/s1. The topological polar surface area (TPSA) is 46.9 Å². The zero-order chi connectivity index (χ0) is 20.1. The zero-order valence-corrected chi connectivity index (χ0v) is 17.1. The lowest BCUT2D eigenvalue weighted by atomic mass is 9.67. The molecule has 1 heterocycles. The van der Waals surface area contributed by atoms with E-state index in [-0.39, 0.29) is 22.7 Å². The van der Waals surface area contributed by atoms with Crippen molar-refractivity contribution in [3.63, 3.8) is 0 Å². The summed E-state index contributed by atoms with van der Waals surface area (Å²) in [5.41, 5.74) is 4.57. The van der Waals surface area contributed by atoms with Crippen LogP contribution in [0.4, 0.5) is 4.39 Å². The van der Waals surface area contributed by atoms with E-state index in [1.165, 1.54) is 23.3 Å². The molecular formula is C23H28FN3O. The molecule has 28 heavy (non-hydrogen) atoms. The Bertz CT molecular complexity index is 941. The van der Waals surface area contributed by atoms with Gasteiger partial charge in [0, 0.05) is 12.5 Å². The van der Waals surface area contributed by atoms with Gasteiger partial charge in [0.1, 0.15) is 5.82 Å². The molecule has 1 saturated carbocycles. The minimum atomic E-state index is -0.240. The lowest BCUT2D eigenvalue weighted by Crippen LogP contribution is -2.45. The van der Waals surface area contributed by atoms with Gasteiger partial charge in [-0.15, -0.1) is 0 Å². The normalized spacial score (nSPS) is 23.8. The highest BCUT2D eigenvalue weighted by Crippen LogP contribution is 2.55. The van der Waals surface area contributed by atoms with E-state index >= 15 is 0 Å². The number of hydrogen-bond acceptors (Lipinski definition) is 2. The average molecular weight is 381 g/mol. The van der Waals surface area contributed by atoms with Crippen molar-refractivity contribution in [2.24, 2.45) is 11.3 Å². The van der Waals surface area contributed by atoms with Gasteiger partial charge in [-0.05, 0) is 86.8 Å². The molecule has 1 amide bonds. The van der Waals surface area contributed by atoms with Crippen LogP contribution in [-0.2, 0) is 11.2 Å². The highest BCUT2D eigenvalue weighted by Gasteiger charge is 2.47. The largest absolute Gasteiger partial charge is 0.351 e. The van der Waals surface area contributed by atoms with Crippen LogP contribution in [0.5, 0.6) is 0 Å². The second-order valence-electron chi connectivity index (χ2n) is 9.21. The summed E-state index contributed by atoms with van der Waals surface area (Å²) in [5.74, 6) is 0.300. The third-order valence-electron chi connectivity index (χ3n) is 6.49. The summed E-state index contributed by atoms with van der Waals surface area (Å²) in [4.78, 5) is 11.6. The van der Waals surface area contributed by atoms with Crippen molar-refractivity contribution >= 4 is 12.0 Å². The maximum Gasteiger partial charge on any atom is 0.217 e. The van der Waals surface area contributed by atoms with Crippen LogP contribution in [0.25, 0.3) is 11.8 Å². The molecule has 5 heteroatoms. The van der Waals surface area contributed by atoms with E-state index < -0.39 is 0 Å². The molecule has 4 nitrogen and oxygen atoms in total. The molecule has 0 spiro atoms. The molecule has 1 aromatic heterocycles. The monoisotopic (exact) mass is 381 g/mol. The van der Waals surface area contributed by atoms with Gasteiger partial charge in [-0.1, -0.05) is 12.5 Å². The van der Waals surface area contributed by atoms with E-state index in [0.29, 0.717) is 5.92 Å². The Morgan fingerprint density at radius 1 is 1.36 bits per heavy atom. The maximum absolute atomic E-state index is 13.3. The first kappa shape index (κ1) is 18.9. The van der Waals surface area contributed by atoms with Gasteiger partial charge in [-0.25, -0.2) is 9.07 Å². The number of halogens is 1. The fourth-order valence-corrected chi connectivity index (χ4v) is 5.19. The summed E-state index contributed by atoms with van der Waals surface area (Å²) in [6.45, 7) is 8.17. The van der Waals surface area contributed by atoms with Crippen LogP contribution in [-0.4, -0.2) is 21.2 Å². The first-order valence-corrected chi connectivity index (χ1v) is 10.0. The van der Waals surface area contributed by atoms with Crippen LogP contribution in [0.1, 0.15) is 58.2 Å². The highest BCUT2D eigenvalue weighted by molar-refractivity contribution is 5.73. The first-order chi connectivity index (χ1) is 13.2. The molecule has 0 radical (unpaired) electrons. The van der Waals surface area contributed by atoms with Gasteiger partial charge in [-0.2, -0.15) is 5.10 Å². The lowest BCUT2D eigenvalue weighted by Gasteiger charge is -2.39. The quantitative estimate of drug-likeness (QED) is 0.836. The van der Waals surface area contributed by atoms with Gasteiger partial charge in [0.25, 0.3) is 0 Å². The lowest BCUT2D eigenvalue weighted by molar-refractivity contribution is -0.120. The summed E-state index contributed by atoms with van der Waals surface area (Å²) >= 11 is 0. The van der Waals surface area contributed by atoms with Gasteiger partial charge >= 0.3 is 0 Å². The number of benzene rings is 1. The summed E-state index contributed by atoms with van der Waals surface area (Å²) < 4.78 is 15.2. The van der Waals surface area contributed by atoms with Gasteiger partial charge in [0.15, 0.2) is 0 Å². The van der Waals surface area contributed by atoms with Crippen LogP contribution in [0.15, 0.2) is 36.0 Å². The SMILES string of the molecule is CC(=O)NC(C)(C)C[C@H]1CCC2=Cc3c(cnn3-c3ccc(F)cc3)CC21C. The number of carbonyl (C=O) groups is 1. The number of nitrogens with zero attached hydrogens (tertiary/aromatic N) is 2. The van der Waals surface area contributed by atoms with Crippen molar-refractivity contribution in [1.29, 1.82) is 0 Å². The third-order valence-corrected chi connectivity index (χ3v) is 6.49. The van der Waals surface area contributed by atoms with Crippen LogP contribution >= 0.6 is 0 Å². The Kier molecular flexibility index (Phi) is 4.44. The second-order valence-corrected chi connectivity index (χ2v) is 9.21. The highest BCUT2D eigenvalue weighted by atomic mass is 19.1. The average Bonchev–Trinajstić information content (AvgIpc) is 3.13. The number of fused-ring (bicyclic) bond motifs is 2. The van der Waals surface area contributed by atoms with E-state index in [9.17, 15) is 9.18 Å². The molecule has 0 bridgehead atoms. The van der Waals surface area contributed by atoms with E-state index in [4.69, 9.17) is 0 Å². The predicted molar refractivity (Wildman–Crippen MR) is 109 cm³/mol. The minimum Gasteiger partial charge on any atom is -0.351 e. The zero-order valence-electron chi connectivity index (χ0n) is 17.1. The molecule has 1 unspecified atom stereocenters. The van der Waals surface area contributed by atoms with Crippen LogP contribution in [0.2, 0.25) is 0 Å². The Morgan fingerprint density at radius 3 is 2.75 bits per heavy atom. The molecule has 4 rings (SSSR count). The molecule has 1 fully saturated rings. The number of aromatic nitrogens is 2. The number of rotatable bonds is 4. The van der Waals surface area contributed by atoms with Crippen molar-refractivity contribution in [3.05, 3.63) is 53.1 Å². The number of carbonyl (C=O) groups excluding carboxylic acids is 1. The van der Waals surface area contributed by atoms with Crippen LogP contribution in [0.3, 0.4) is 0 Å². The maximum atomic E-state index is 13.3. The van der Waals surface area contributed by atoms with Crippen molar-refractivity contribution in [2.45, 2.75) is 58.9 Å². The van der Waals surface area contributed by atoms with Gasteiger partial charge in [0.05, 0.1) is 17.6 Å². The number of nitrogens with one attached hydrogen (secondary N) is 1. The Morgan fingerprint density at radius 2 is 2.07 bits per heavy atom. The molecular weight excluding hydrogens is 353 g/mol. The van der Waals surface area contributed by atoms with E-state index in [1.807, 2.05) is 10.9 Å². The van der Waals surface area contributed by atoms with Gasteiger partial charge in [0.2, 0.25) is 5.91 Å². The van der Waals surface area contributed by atoms with Crippen molar-refractivity contribution < 1.29 is 9.18 Å². The van der Waals surface area contributed by atoms with E-state index in [0.717, 1.165) is 37.1 Å². The van der Waals surface area contributed by atoms with Crippen molar-refractivity contribution in [1.82, 2.24) is 15.1 Å². The molecule has 0 aliphatic heterocycles.